The summed E-state index contributed by atoms with van der Waals surface area (Å²) in [6.07, 6.45) is 2.58. The lowest BCUT2D eigenvalue weighted by Gasteiger charge is -2.10. The highest BCUT2D eigenvalue weighted by Crippen LogP contribution is 2.24. The monoisotopic (exact) mass is 399 g/mol. The fourth-order valence-electron chi connectivity index (χ4n) is 2.34. The number of hydrogen-bond donors (Lipinski definition) is 0. The molecule has 0 N–H and O–H groups in total. The van der Waals surface area contributed by atoms with Crippen LogP contribution in [0, 0.1) is 11.6 Å². The zero-order valence-electron chi connectivity index (χ0n) is 13.4. The average Bonchev–Trinajstić information content (AvgIpc) is 2.57. The van der Waals surface area contributed by atoms with Crippen molar-refractivity contribution in [1.82, 2.24) is 14.5 Å². The van der Waals surface area contributed by atoms with E-state index in [1.54, 1.807) is 0 Å². The van der Waals surface area contributed by atoms with Gasteiger partial charge in [-0.25, -0.2) is 17.2 Å². The van der Waals surface area contributed by atoms with Crippen molar-refractivity contribution in [3.05, 3.63) is 52.5 Å². The molecule has 0 fully saturated rings. The maximum Gasteiger partial charge on any atom is 0.344 e. The third-order valence-corrected chi connectivity index (χ3v) is 6.12. The fourth-order valence-corrected chi connectivity index (χ4v) is 4.21. The topological polar surface area (TPSA) is 105 Å². The van der Waals surface area contributed by atoms with Crippen molar-refractivity contribution in [3.63, 3.8) is 0 Å². The van der Waals surface area contributed by atoms with Crippen LogP contribution in [0.1, 0.15) is 0 Å². The SMILES string of the molecule is Cn1c(=O)c(S(=O)(=O)c2ccc(F)cc2F)cc2cnc([S+](C)[O-])nc21. The number of rotatable bonds is 3. The molecule has 0 saturated carbocycles. The number of benzene rings is 1. The predicted octanol–water partition coefficient (Wildman–Crippen LogP) is 1.18. The van der Waals surface area contributed by atoms with Gasteiger partial charge in [0.15, 0.2) is 5.65 Å². The van der Waals surface area contributed by atoms with Crippen molar-refractivity contribution in [1.29, 1.82) is 0 Å². The second kappa shape index (κ2) is 6.41. The van der Waals surface area contributed by atoms with Crippen molar-refractivity contribution in [2.75, 3.05) is 6.26 Å². The number of pyridine rings is 1. The van der Waals surface area contributed by atoms with Crippen LogP contribution in [-0.4, -0.2) is 33.8 Å². The van der Waals surface area contributed by atoms with Gasteiger partial charge in [-0.1, -0.05) is 0 Å². The lowest BCUT2D eigenvalue weighted by molar-refractivity contribution is 0.548. The molecule has 0 aliphatic heterocycles. The molecule has 2 aromatic heterocycles. The highest BCUT2D eigenvalue weighted by Gasteiger charge is 2.27. The van der Waals surface area contributed by atoms with E-state index in [0.717, 1.165) is 22.8 Å². The highest BCUT2D eigenvalue weighted by atomic mass is 32.2. The Hall–Kier alpha value is -2.37. The third-order valence-electron chi connectivity index (χ3n) is 3.62. The first-order valence-electron chi connectivity index (χ1n) is 7.03. The van der Waals surface area contributed by atoms with E-state index in [1.165, 1.54) is 19.5 Å². The van der Waals surface area contributed by atoms with E-state index in [2.05, 4.69) is 9.97 Å². The van der Waals surface area contributed by atoms with E-state index in [9.17, 15) is 26.5 Å². The standard InChI is InChI=1S/C15H11F2N3O4S2/c1-20-13-8(7-18-15(19-13)25(2)22)5-12(14(20)21)26(23,24)11-4-3-9(16)6-10(11)17/h3-7H,1-2H3. The van der Waals surface area contributed by atoms with Crippen LogP contribution in [0.4, 0.5) is 8.78 Å². The van der Waals surface area contributed by atoms with Gasteiger partial charge in [0.1, 0.15) is 27.7 Å². The molecule has 3 rings (SSSR count). The molecule has 11 heteroatoms. The van der Waals surface area contributed by atoms with Crippen LogP contribution in [0.5, 0.6) is 0 Å². The number of halogens is 2. The van der Waals surface area contributed by atoms with Crippen molar-refractivity contribution in [2.24, 2.45) is 7.05 Å². The zero-order valence-corrected chi connectivity index (χ0v) is 15.1. The Bertz CT molecular complexity index is 1190. The molecule has 1 aromatic carbocycles. The Morgan fingerprint density at radius 1 is 1.19 bits per heavy atom. The molecule has 0 amide bonds. The molecule has 26 heavy (non-hydrogen) atoms. The minimum absolute atomic E-state index is 0.0207. The lowest BCUT2D eigenvalue weighted by atomic mass is 10.3. The van der Waals surface area contributed by atoms with Crippen molar-refractivity contribution in [3.8, 4) is 0 Å². The van der Waals surface area contributed by atoms with E-state index < -0.39 is 48.0 Å². The van der Waals surface area contributed by atoms with Crippen LogP contribution < -0.4 is 5.56 Å². The van der Waals surface area contributed by atoms with E-state index >= 15 is 0 Å². The van der Waals surface area contributed by atoms with Crippen LogP contribution in [0.3, 0.4) is 0 Å². The van der Waals surface area contributed by atoms with Crippen molar-refractivity contribution < 1.29 is 21.8 Å². The summed E-state index contributed by atoms with van der Waals surface area (Å²) in [5.41, 5.74) is -0.874. The summed E-state index contributed by atoms with van der Waals surface area (Å²) in [5.74, 6) is -2.25. The highest BCUT2D eigenvalue weighted by molar-refractivity contribution is 7.91. The Balaban J connectivity index is 2.30. The fraction of sp³-hybridized carbons (Fsp3) is 0.133. The van der Waals surface area contributed by atoms with Gasteiger partial charge in [0.2, 0.25) is 9.84 Å². The lowest BCUT2D eigenvalue weighted by Crippen LogP contribution is -2.25. The second-order valence-electron chi connectivity index (χ2n) is 5.34. The Kier molecular flexibility index (Phi) is 4.54. The van der Waals surface area contributed by atoms with Gasteiger partial charge in [-0.3, -0.25) is 9.36 Å². The molecule has 0 aliphatic rings. The van der Waals surface area contributed by atoms with Gasteiger partial charge in [0.05, 0.1) is 0 Å². The summed E-state index contributed by atoms with van der Waals surface area (Å²) < 4.78 is 64.8. The minimum Gasteiger partial charge on any atom is -0.609 e. The van der Waals surface area contributed by atoms with Gasteiger partial charge < -0.3 is 4.55 Å². The molecule has 1 unspecified atom stereocenters. The molecule has 0 radical (unpaired) electrons. The van der Waals surface area contributed by atoms with Crippen molar-refractivity contribution >= 4 is 32.0 Å². The quantitative estimate of drug-likeness (QED) is 0.372. The van der Waals surface area contributed by atoms with Crippen LogP contribution >= 0.6 is 0 Å². The number of aromatic nitrogens is 3. The number of sulfone groups is 1. The normalized spacial score (nSPS) is 13.1. The Morgan fingerprint density at radius 3 is 2.50 bits per heavy atom. The van der Waals surface area contributed by atoms with E-state index in [4.69, 9.17) is 0 Å². The number of nitrogens with zero attached hydrogens (tertiary/aromatic N) is 3. The first kappa shape index (κ1) is 18.4. The Morgan fingerprint density at radius 2 is 1.88 bits per heavy atom. The van der Waals surface area contributed by atoms with Gasteiger partial charge in [-0.05, 0) is 18.2 Å². The Labute approximate surface area is 149 Å². The summed E-state index contributed by atoms with van der Waals surface area (Å²) in [6.45, 7) is 0. The molecule has 3 aromatic rings. The largest absolute Gasteiger partial charge is 0.609 e. The van der Waals surface area contributed by atoms with Gasteiger partial charge in [-0.2, -0.15) is 9.97 Å². The van der Waals surface area contributed by atoms with Crippen LogP contribution in [0.15, 0.2) is 50.2 Å². The number of fused-ring (bicyclic) bond motifs is 1. The molecule has 0 saturated heterocycles. The number of aryl methyl sites for hydroxylation is 1. The van der Waals surface area contributed by atoms with E-state index in [-0.39, 0.29) is 16.2 Å². The zero-order chi connectivity index (χ0) is 19.2. The molecule has 0 aliphatic carbocycles. The first-order valence-corrected chi connectivity index (χ1v) is 10.1. The van der Waals surface area contributed by atoms with Gasteiger partial charge in [0, 0.05) is 35.9 Å². The van der Waals surface area contributed by atoms with E-state index in [0.29, 0.717) is 6.07 Å². The van der Waals surface area contributed by atoms with Crippen molar-refractivity contribution in [2.45, 2.75) is 14.9 Å². The first-order chi connectivity index (χ1) is 12.1. The second-order valence-corrected chi connectivity index (χ2v) is 8.50. The third kappa shape index (κ3) is 2.97. The van der Waals surface area contributed by atoms with Crippen LogP contribution in [0.2, 0.25) is 0 Å². The van der Waals surface area contributed by atoms with E-state index in [1.807, 2.05) is 0 Å². The maximum atomic E-state index is 13.9. The summed E-state index contributed by atoms with van der Waals surface area (Å²) in [7, 11) is -3.27. The molecule has 136 valence electrons. The minimum atomic E-state index is -4.55. The van der Waals surface area contributed by atoms with Crippen LogP contribution in [0.25, 0.3) is 11.0 Å². The molecular formula is C15H11F2N3O4S2. The molecule has 0 bridgehead atoms. The number of hydrogen-bond acceptors (Lipinski definition) is 6. The average molecular weight is 399 g/mol. The summed E-state index contributed by atoms with van der Waals surface area (Å²) >= 11 is -1.50. The summed E-state index contributed by atoms with van der Waals surface area (Å²) in [4.78, 5) is 18.8. The molecule has 0 spiro atoms. The molecule has 7 nitrogen and oxygen atoms in total. The molecular weight excluding hydrogens is 388 g/mol. The van der Waals surface area contributed by atoms with Gasteiger partial charge in [0.25, 0.3) is 5.56 Å². The molecule has 1 atom stereocenters. The van der Waals surface area contributed by atoms with Gasteiger partial charge >= 0.3 is 5.16 Å². The summed E-state index contributed by atoms with van der Waals surface area (Å²) in [5, 5.41) is 0.162. The maximum absolute atomic E-state index is 13.9. The molecule has 2 heterocycles. The summed E-state index contributed by atoms with van der Waals surface area (Å²) in [6, 6.07) is 2.97. The van der Waals surface area contributed by atoms with Gasteiger partial charge in [-0.15, -0.1) is 0 Å². The predicted molar refractivity (Wildman–Crippen MR) is 88.9 cm³/mol. The van der Waals surface area contributed by atoms with Crippen LogP contribution in [-0.2, 0) is 28.1 Å². The smallest absolute Gasteiger partial charge is 0.344 e.